The molecule has 0 bridgehead atoms. The number of anilines is 1. The fourth-order valence-corrected chi connectivity index (χ4v) is 2.25. The second kappa shape index (κ2) is 10.5. The van der Waals surface area contributed by atoms with E-state index in [1.165, 1.54) is 6.08 Å². The predicted octanol–water partition coefficient (Wildman–Crippen LogP) is 1.72. The second-order valence-electron chi connectivity index (χ2n) is 6.11. The van der Waals surface area contributed by atoms with Crippen molar-refractivity contribution in [3.63, 3.8) is 0 Å². The van der Waals surface area contributed by atoms with Crippen LogP contribution in [0.1, 0.15) is 12.5 Å². The van der Waals surface area contributed by atoms with Gasteiger partial charge in [0.15, 0.2) is 6.61 Å². The van der Waals surface area contributed by atoms with E-state index >= 15 is 0 Å². The zero-order valence-corrected chi connectivity index (χ0v) is 16.2. The van der Waals surface area contributed by atoms with Crippen molar-refractivity contribution in [3.05, 3.63) is 60.2 Å². The van der Waals surface area contributed by atoms with Gasteiger partial charge in [0.2, 0.25) is 11.8 Å². The van der Waals surface area contributed by atoms with E-state index in [0.29, 0.717) is 11.4 Å². The summed E-state index contributed by atoms with van der Waals surface area (Å²) in [6, 6.07) is 12.9. The number of rotatable bonds is 9. The normalized spacial score (nSPS) is 11.5. The second-order valence-corrected chi connectivity index (χ2v) is 6.11. The van der Waals surface area contributed by atoms with Gasteiger partial charge in [-0.05, 0) is 55.0 Å². The van der Waals surface area contributed by atoms with Gasteiger partial charge in [0.25, 0.3) is 5.91 Å². The summed E-state index contributed by atoms with van der Waals surface area (Å²) in [5, 5.41) is 5.29. The number of benzene rings is 2. The predicted molar refractivity (Wildman–Crippen MR) is 109 cm³/mol. The summed E-state index contributed by atoms with van der Waals surface area (Å²) in [7, 11) is 1.58. The fraction of sp³-hybridized carbons (Fsp3) is 0.190. The number of amides is 3. The molecule has 0 radical (unpaired) electrons. The Morgan fingerprint density at radius 1 is 1.03 bits per heavy atom. The van der Waals surface area contributed by atoms with Crippen molar-refractivity contribution in [2.24, 2.45) is 5.73 Å². The van der Waals surface area contributed by atoms with Crippen LogP contribution in [0.4, 0.5) is 5.69 Å². The molecule has 152 valence electrons. The van der Waals surface area contributed by atoms with Crippen molar-refractivity contribution in [1.82, 2.24) is 5.32 Å². The van der Waals surface area contributed by atoms with E-state index in [1.54, 1.807) is 56.5 Å². The molecule has 0 aliphatic heterocycles. The average molecular weight is 397 g/mol. The van der Waals surface area contributed by atoms with Crippen LogP contribution in [0.15, 0.2) is 54.6 Å². The molecule has 0 heterocycles. The van der Waals surface area contributed by atoms with Gasteiger partial charge in [0.1, 0.15) is 17.5 Å². The number of carbonyl (C=O) groups is 3. The molecule has 4 N–H and O–H groups in total. The molecule has 0 aliphatic rings. The number of methoxy groups -OCH3 is 1. The van der Waals surface area contributed by atoms with Gasteiger partial charge in [-0.15, -0.1) is 0 Å². The number of hydrogen-bond acceptors (Lipinski definition) is 5. The molecule has 29 heavy (non-hydrogen) atoms. The smallest absolute Gasteiger partial charge is 0.255 e. The molecule has 0 saturated heterocycles. The highest BCUT2D eigenvalue weighted by Gasteiger charge is 2.14. The van der Waals surface area contributed by atoms with Crippen LogP contribution in [-0.4, -0.2) is 37.5 Å². The van der Waals surface area contributed by atoms with Crippen molar-refractivity contribution in [3.8, 4) is 11.5 Å². The molecule has 1 atom stereocenters. The molecule has 2 aromatic rings. The number of nitrogens with two attached hydrogens (primary N) is 1. The maximum absolute atomic E-state index is 12.2. The average Bonchev–Trinajstić information content (AvgIpc) is 2.72. The van der Waals surface area contributed by atoms with Crippen LogP contribution in [0.5, 0.6) is 11.5 Å². The Balaban J connectivity index is 1.83. The van der Waals surface area contributed by atoms with Gasteiger partial charge in [-0.1, -0.05) is 12.1 Å². The molecule has 0 saturated carbocycles. The van der Waals surface area contributed by atoms with Gasteiger partial charge < -0.3 is 25.8 Å². The van der Waals surface area contributed by atoms with E-state index in [2.05, 4.69) is 10.6 Å². The van der Waals surface area contributed by atoms with E-state index < -0.39 is 17.9 Å². The SMILES string of the molecule is COc1ccc(/C=C/C(=O)NC(C)C(=O)Nc2ccc(OCC(N)=O)cc2)cc1. The van der Waals surface area contributed by atoms with Crippen molar-refractivity contribution in [1.29, 1.82) is 0 Å². The minimum atomic E-state index is -0.742. The zero-order valence-electron chi connectivity index (χ0n) is 16.2. The van der Waals surface area contributed by atoms with Crippen LogP contribution >= 0.6 is 0 Å². The molecule has 0 aliphatic carbocycles. The summed E-state index contributed by atoms with van der Waals surface area (Å²) >= 11 is 0. The van der Waals surface area contributed by atoms with Gasteiger partial charge >= 0.3 is 0 Å². The third-order valence-electron chi connectivity index (χ3n) is 3.80. The molecule has 3 amide bonds. The lowest BCUT2D eigenvalue weighted by Crippen LogP contribution is -2.40. The lowest BCUT2D eigenvalue weighted by molar-refractivity contribution is -0.123. The molecule has 1 unspecified atom stereocenters. The van der Waals surface area contributed by atoms with Gasteiger partial charge in [0, 0.05) is 11.8 Å². The summed E-state index contributed by atoms with van der Waals surface area (Å²) in [5.41, 5.74) is 6.36. The lowest BCUT2D eigenvalue weighted by atomic mass is 10.2. The third-order valence-corrected chi connectivity index (χ3v) is 3.80. The topological polar surface area (TPSA) is 120 Å². The molecule has 0 spiro atoms. The Kier molecular flexibility index (Phi) is 7.78. The van der Waals surface area contributed by atoms with E-state index in [1.807, 2.05) is 12.1 Å². The Bertz CT molecular complexity index is 876. The molecule has 8 nitrogen and oxygen atoms in total. The van der Waals surface area contributed by atoms with Crippen LogP contribution < -0.4 is 25.8 Å². The number of ether oxygens (including phenoxy) is 2. The molecule has 0 aromatic heterocycles. The van der Waals surface area contributed by atoms with Gasteiger partial charge in [-0.2, -0.15) is 0 Å². The highest BCUT2D eigenvalue weighted by molar-refractivity contribution is 5.99. The Hall–Kier alpha value is -3.81. The summed E-state index contributed by atoms with van der Waals surface area (Å²) in [5.74, 6) is -0.162. The Morgan fingerprint density at radius 3 is 2.24 bits per heavy atom. The van der Waals surface area contributed by atoms with Gasteiger partial charge in [0.05, 0.1) is 7.11 Å². The molecular formula is C21H23N3O5. The van der Waals surface area contributed by atoms with Crippen molar-refractivity contribution in [2.45, 2.75) is 13.0 Å². The zero-order chi connectivity index (χ0) is 21.2. The maximum Gasteiger partial charge on any atom is 0.255 e. The Labute approximate surface area is 168 Å². The first kappa shape index (κ1) is 21.5. The minimum Gasteiger partial charge on any atom is -0.497 e. The summed E-state index contributed by atoms with van der Waals surface area (Å²) in [6.45, 7) is 1.36. The molecule has 8 heteroatoms. The van der Waals surface area contributed by atoms with Crippen molar-refractivity contribution in [2.75, 3.05) is 19.0 Å². The van der Waals surface area contributed by atoms with Crippen LogP contribution in [-0.2, 0) is 14.4 Å². The molecule has 0 fully saturated rings. The molecule has 2 aromatic carbocycles. The van der Waals surface area contributed by atoms with Crippen LogP contribution in [0.25, 0.3) is 6.08 Å². The molecular weight excluding hydrogens is 374 g/mol. The quantitative estimate of drug-likeness (QED) is 0.557. The van der Waals surface area contributed by atoms with Gasteiger partial charge in [-0.3, -0.25) is 14.4 Å². The standard InChI is InChI=1S/C21H23N3O5/c1-14(23-20(26)12-5-15-3-8-17(28-2)9-4-15)21(27)24-16-6-10-18(11-7-16)29-13-19(22)25/h3-12,14H,13H2,1-2H3,(H2,22,25)(H,23,26)(H,24,27)/b12-5+. The fourth-order valence-electron chi connectivity index (χ4n) is 2.25. The third kappa shape index (κ3) is 7.37. The summed E-state index contributed by atoms with van der Waals surface area (Å²) in [4.78, 5) is 35.0. The van der Waals surface area contributed by atoms with E-state index in [4.69, 9.17) is 15.2 Å². The number of hydrogen-bond donors (Lipinski definition) is 3. The Morgan fingerprint density at radius 2 is 1.66 bits per heavy atom. The monoisotopic (exact) mass is 397 g/mol. The van der Waals surface area contributed by atoms with Crippen molar-refractivity contribution >= 4 is 29.5 Å². The van der Waals surface area contributed by atoms with Crippen molar-refractivity contribution < 1.29 is 23.9 Å². The number of carbonyl (C=O) groups excluding carboxylic acids is 3. The maximum atomic E-state index is 12.2. The minimum absolute atomic E-state index is 0.223. The van der Waals surface area contributed by atoms with Crippen LogP contribution in [0.2, 0.25) is 0 Å². The summed E-state index contributed by atoms with van der Waals surface area (Å²) in [6.07, 6.45) is 3.00. The summed E-state index contributed by atoms with van der Waals surface area (Å²) < 4.78 is 10.2. The van der Waals surface area contributed by atoms with Crippen LogP contribution in [0, 0.1) is 0 Å². The first-order valence-electron chi connectivity index (χ1n) is 8.82. The van der Waals surface area contributed by atoms with E-state index in [-0.39, 0.29) is 12.5 Å². The molecule has 2 rings (SSSR count). The largest absolute Gasteiger partial charge is 0.497 e. The number of primary amides is 1. The first-order chi connectivity index (χ1) is 13.9. The lowest BCUT2D eigenvalue weighted by Gasteiger charge is -2.13. The number of nitrogens with one attached hydrogen (secondary N) is 2. The van der Waals surface area contributed by atoms with Crippen LogP contribution in [0.3, 0.4) is 0 Å². The highest BCUT2D eigenvalue weighted by Crippen LogP contribution is 2.16. The van der Waals surface area contributed by atoms with E-state index in [0.717, 1.165) is 11.3 Å². The highest BCUT2D eigenvalue weighted by atomic mass is 16.5. The van der Waals surface area contributed by atoms with Gasteiger partial charge in [-0.25, -0.2) is 0 Å². The first-order valence-corrected chi connectivity index (χ1v) is 8.82. The van der Waals surface area contributed by atoms with E-state index in [9.17, 15) is 14.4 Å².